The molecule has 3 rings (SSSR count). The molecule has 0 aliphatic carbocycles. The third-order valence-electron chi connectivity index (χ3n) is 2.75. The monoisotopic (exact) mass is 312 g/mol. The quantitative estimate of drug-likeness (QED) is 0.798. The van der Waals surface area contributed by atoms with Gasteiger partial charge in [0.05, 0.1) is 6.54 Å². The van der Waals surface area contributed by atoms with Crippen molar-refractivity contribution < 1.29 is 23.0 Å². The van der Waals surface area contributed by atoms with Crippen LogP contribution in [0.2, 0.25) is 0 Å². The largest absolute Gasteiger partial charge is 0.586 e. The number of hydrogen-bond acceptors (Lipinski definition) is 4. The van der Waals surface area contributed by atoms with E-state index in [0.29, 0.717) is 17.4 Å². The molecular formula is C13H10F2N2O3S. The first-order chi connectivity index (χ1) is 9.84. The summed E-state index contributed by atoms with van der Waals surface area (Å²) < 4.78 is 34.8. The lowest BCUT2D eigenvalue weighted by Crippen LogP contribution is -2.26. The summed E-state index contributed by atoms with van der Waals surface area (Å²) in [5, 5.41) is 0.457. The van der Waals surface area contributed by atoms with Crippen LogP contribution in [0.15, 0.2) is 34.7 Å². The van der Waals surface area contributed by atoms with Gasteiger partial charge in [-0.1, -0.05) is 18.3 Å². The fourth-order valence-electron chi connectivity index (χ4n) is 1.99. The molecule has 1 fully saturated rings. The summed E-state index contributed by atoms with van der Waals surface area (Å²) in [5.74, 6) is -0.425. The summed E-state index contributed by atoms with van der Waals surface area (Å²) in [6.07, 6.45) is -3.65. The second kappa shape index (κ2) is 4.73. The third kappa shape index (κ3) is 2.71. The summed E-state index contributed by atoms with van der Waals surface area (Å²) in [6.45, 7) is 5.61. The van der Waals surface area contributed by atoms with Gasteiger partial charge in [-0.15, -0.1) is 8.78 Å². The first kappa shape index (κ1) is 13.9. The Labute approximate surface area is 123 Å². The number of carbonyl (C=O) groups excluding carboxylic acids is 1. The highest BCUT2D eigenvalue weighted by atomic mass is 32.2. The molecule has 2 aliphatic heterocycles. The molecule has 2 aliphatic rings. The SMILES string of the molecule is C=C1CN(c2ccc3c(c2)OC(F)(F)O3)C(=NC(C)=O)S1. The van der Waals surface area contributed by atoms with Gasteiger partial charge in [0.2, 0.25) is 5.91 Å². The summed E-state index contributed by atoms with van der Waals surface area (Å²) in [5.41, 5.74) is 0.571. The van der Waals surface area contributed by atoms with E-state index in [9.17, 15) is 13.6 Å². The standard InChI is InChI=1S/C13H10F2N2O3S/c1-7-6-17(12(21-7)16-8(2)18)9-3-4-10-11(5-9)20-13(14,15)19-10/h3-5H,1,6H2,2H3. The molecule has 8 heteroatoms. The highest BCUT2D eigenvalue weighted by molar-refractivity contribution is 8.18. The van der Waals surface area contributed by atoms with E-state index < -0.39 is 6.29 Å². The fourth-order valence-corrected chi connectivity index (χ4v) is 2.89. The molecule has 0 aromatic heterocycles. The van der Waals surface area contributed by atoms with Gasteiger partial charge in [-0.05, 0) is 12.1 Å². The first-order valence-corrected chi connectivity index (χ1v) is 6.78. The zero-order chi connectivity index (χ0) is 15.2. The Bertz CT molecular complexity index is 675. The summed E-state index contributed by atoms with van der Waals surface area (Å²) >= 11 is 1.27. The first-order valence-electron chi connectivity index (χ1n) is 5.96. The van der Waals surface area contributed by atoms with E-state index in [-0.39, 0.29) is 17.4 Å². The molecule has 2 heterocycles. The van der Waals surface area contributed by atoms with Gasteiger partial charge in [0.15, 0.2) is 16.7 Å². The topological polar surface area (TPSA) is 51.1 Å². The van der Waals surface area contributed by atoms with E-state index in [1.54, 1.807) is 11.0 Å². The Morgan fingerprint density at radius 1 is 1.43 bits per heavy atom. The molecule has 110 valence electrons. The van der Waals surface area contributed by atoms with Crippen LogP contribution in [-0.4, -0.2) is 23.9 Å². The Kier molecular flexibility index (Phi) is 3.12. The number of ether oxygens (including phenoxy) is 2. The number of thioether (sulfide) groups is 1. The molecule has 5 nitrogen and oxygen atoms in total. The highest BCUT2D eigenvalue weighted by Crippen LogP contribution is 2.44. The number of halogens is 2. The number of carbonyl (C=O) groups is 1. The van der Waals surface area contributed by atoms with Crippen molar-refractivity contribution in [3.8, 4) is 11.5 Å². The van der Waals surface area contributed by atoms with Crippen molar-refractivity contribution in [2.45, 2.75) is 13.2 Å². The molecule has 0 saturated carbocycles. The molecule has 0 radical (unpaired) electrons. The van der Waals surface area contributed by atoms with Crippen molar-refractivity contribution >= 4 is 28.5 Å². The van der Waals surface area contributed by atoms with Gasteiger partial charge < -0.3 is 14.4 Å². The van der Waals surface area contributed by atoms with Crippen molar-refractivity contribution in [1.29, 1.82) is 0 Å². The van der Waals surface area contributed by atoms with Crippen LogP contribution in [-0.2, 0) is 4.79 Å². The number of fused-ring (bicyclic) bond motifs is 1. The molecule has 1 aromatic carbocycles. The van der Waals surface area contributed by atoms with Crippen LogP contribution in [0.3, 0.4) is 0 Å². The molecule has 1 amide bonds. The fraction of sp³-hybridized carbons (Fsp3) is 0.231. The lowest BCUT2D eigenvalue weighted by Gasteiger charge is -2.17. The van der Waals surface area contributed by atoms with E-state index in [0.717, 1.165) is 4.91 Å². The van der Waals surface area contributed by atoms with Crippen LogP contribution in [0.5, 0.6) is 11.5 Å². The number of rotatable bonds is 1. The molecule has 0 spiro atoms. The van der Waals surface area contributed by atoms with E-state index in [1.807, 2.05) is 0 Å². The summed E-state index contributed by atoms with van der Waals surface area (Å²) in [7, 11) is 0. The zero-order valence-electron chi connectivity index (χ0n) is 10.9. The molecule has 21 heavy (non-hydrogen) atoms. The average Bonchev–Trinajstić information content (AvgIpc) is 2.85. The van der Waals surface area contributed by atoms with Crippen LogP contribution in [0.1, 0.15) is 6.92 Å². The Hall–Kier alpha value is -2.09. The van der Waals surface area contributed by atoms with Crippen molar-refractivity contribution in [3.05, 3.63) is 29.7 Å². The molecule has 1 aromatic rings. The van der Waals surface area contributed by atoms with Crippen molar-refractivity contribution in [1.82, 2.24) is 0 Å². The van der Waals surface area contributed by atoms with Crippen molar-refractivity contribution in [3.63, 3.8) is 0 Å². The average molecular weight is 312 g/mol. The van der Waals surface area contributed by atoms with Crippen LogP contribution in [0.4, 0.5) is 14.5 Å². The third-order valence-corrected chi connectivity index (χ3v) is 3.66. The molecule has 1 saturated heterocycles. The van der Waals surface area contributed by atoms with Crippen LogP contribution < -0.4 is 14.4 Å². The molecule has 0 unspecified atom stereocenters. The minimum Gasteiger partial charge on any atom is -0.395 e. The number of nitrogens with zero attached hydrogens (tertiary/aromatic N) is 2. The molecular weight excluding hydrogens is 302 g/mol. The second-order valence-corrected chi connectivity index (χ2v) is 5.59. The smallest absolute Gasteiger partial charge is 0.395 e. The number of aliphatic imine (C=N–C) groups is 1. The van der Waals surface area contributed by atoms with E-state index in [2.05, 4.69) is 21.0 Å². The number of alkyl halides is 2. The Morgan fingerprint density at radius 3 is 2.86 bits per heavy atom. The van der Waals surface area contributed by atoms with Gasteiger partial charge in [-0.3, -0.25) is 4.79 Å². The van der Waals surface area contributed by atoms with Crippen LogP contribution >= 0.6 is 11.8 Å². The minimum absolute atomic E-state index is 0.0283. The van der Waals surface area contributed by atoms with Crippen LogP contribution in [0, 0.1) is 0 Å². The maximum atomic E-state index is 13.0. The minimum atomic E-state index is -3.65. The van der Waals surface area contributed by atoms with Crippen molar-refractivity contribution in [2.24, 2.45) is 4.99 Å². The van der Waals surface area contributed by atoms with E-state index >= 15 is 0 Å². The Balaban J connectivity index is 1.94. The second-order valence-electron chi connectivity index (χ2n) is 4.44. The van der Waals surface area contributed by atoms with Gasteiger partial charge >= 0.3 is 6.29 Å². The van der Waals surface area contributed by atoms with Gasteiger partial charge in [0.25, 0.3) is 0 Å². The van der Waals surface area contributed by atoms with Gasteiger partial charge in [-0.2, -0.15) is 4.99 Å². The number of benzene rings is 1. The predicted octanol–water partition coefficient (Wildman–Crippen LogP) is 2.98. The maximum absolute atomic E-state index is 13.0. The van der Waals surface area contributed by atoms with Crippen molar-refractivity contribution in [2.75, 3.05) is 11.4 Å². The lowest BCUT2D eigenvalue weighted by molar-refractivity contribution is -0.286. The maximum Gasteiger partial charge on any atom is 0.586 e. The van der Waals surface area contributed by atoms with E-state index in [1.165, 1.54) is 30.8 Å². The lowest BCUT2D eigenvalue weighted by atomic mass is 10.2. The number of anilines is 1. The van der Waals surface area contributed by atoms with Gasteiger partial charge in [-0.25, -0.2) is 0 Å². The summed E-state index contributed by atoms with van der Waals surface area (Å²) in [4.78, 5) is 17.6. The number of hydrogen-bond donors (Lipinski definition) is 0. The highest BCUT2D eigenvalue weighted by Gasteiger charge is 2.43. The van der Waals surface area contributed by atoms with E-state index in [4.69, 9.17) is 0 Å². The van der Waals surface area contributed by atoms with Crippen LogP contribution in [0.25, 0.3) is 0 Å². The molecule has 0 N–H and O–H groups in total. The van der Waals surface area contributed by atoms with Gasteiger partial charge in [0.1, 0.15) is 0 Å². The summed E-state index contributed by atoms with van der Waals surface area (Å²) in [6, 6.07) is 4.41. The predicted molar refractivity (Wildman–Crippen MR) is 74.8 cm³/mol. The normalized spacial score (nSPS) is 21.2. The Morgan fingerprint density at radius 2 is 2.14 bits per heavy atom. The zero-order valence-corrected chi connectivity index (χ0v) is 11.7. The van der Waals surface area contributed by atoms with Gasteiger partial charge in [0, 0.05) is 23.6 Å². The number of amidine groups is 1. The molecule has 0 atom stereocenters. The molecule has 0 bridgehead atoms. The number of amides is 1.